The van der Waals surface area contributed by atoms with Gasteiger partial charge >= 0.3 is 6.03 Å². The maximum Gasteiger partial charge on any atom is 0.314 e. The number of fused-ring (bicyclic) bond motifs is 2. The van der Waals surface area contributed by atoms with Crippen molar-refractivity contribution in [2.24, 2.45) is 0 Å². The van der Waals surface area contributed by atoms with Gasteiger partial charge in [0.05, 0.1) is 16.8 Å². The molecule has 2 N–H and O–H groups in total. The molecule has 0 aromatic carbocycles. The molecule has 3 rings (SSSR count). The van der Waals surface area contributed by atoms with Gasteiger partial charge in [-0.05, 0) is 24.6 Å². The Morgan fingerprint density at radius 2 is 2.08 bits per heavy atom. The number of aromatic nitrogens is 2. The fraction of sp³-hybridized carbons (Fsp3) is 0.312. The van der Waals surface area contributed by atoms with Gasteiger partial charge in [0.2, 0.25) is 0 Å². The van der Waals surface area contributed by atoms with Crippen LogP contribution in [0.25, 0.3) is 0 Å². The Morgan fingerprint density at radius 1 is 1.21 bits per heavy atom. The maximum atomic E-state index is 11.5. The summed E-state index contributed by atoms with van der Waals surface area (Å²) >= 11 is 7.24. The number of alkyl halides is 1. The smallest absolute Gasteiger partial charge is 0.314 e. The molecule has 3 heterocycles. The molecule has 6 nitrogen and oxygen atoms in total. The predicted molar refractivity (Wildman–Crippen MR) is 96.3 cm³/mol. The number of urea groups is 1. The van der Waals surface area contributed by atoms with Crippen LogP contribution in [-0.2, 0) is 0 Å². The average molecular weight is 364 g/mol. The molecule has 0 aliphatic carbocycles. The third kappa shape index (κ3) is 3.91. The summed E-state index contributed by atoms with van der Waals surface area (Å²) in [6.07, 6.45) is 6.25. The third-order valence-corrected chi connectivity index (χ3v) is 4.80. The van der Waals surface area contributed by atoms with Gasteiger partial charge in [-0.2, -0.15) is 0 Å². The standard InChI is InChI=1S/C16H18ClN5OS/c17-5-9-21-16(23)20-7-2-10-22-12-11-18-8-4-13(12)24-14-3-1-6-19-15(14)22/h1,3-4,6,8,11H,2,5,7,9-10H2,(H2,20,21,23). The second kappa shape index (κ2) is 8.21. The van der Waals surface area contributed by atoms with Gasteiger partial charge in [0, 0.05) is 42.8 Å². The number of nitrogens with zero attached hydrogens (tertiary/aromatic N) is 3. The highest BCUT2D eigenvalue weighted by Gasteiger charge is 2.23. The summed E-state index contributed by atoms with van der Waals surface area (Å²) in [5.41, 5.74) is 1.06. The van der Waals surface area contributed by atoms with Crippen molar-refractivity contribution in [1.82, 2.24) is 20.6 Å². The topological polar surface area (TPSA) is 70.2 Å². The quantitative estimate of drug-likeness (QED) is 0.610. The van der Waals surface area contributed by atoms with Crippen LogP contribution in [0.4, 0.5) is 16.3 Å². The minimum Gasteiger partial charge on any atom is -0.338 e. The lowest BCUT2D eigenvalue weighted by molar-refractivity contribution is 0.241. The van der Waals surface area contributed by atoms with Gasteiger partial charge in [0.15, 0.2) is 0 Å². The Bertz CT molecular complexity index is 669. The molecular formula is C16H18ClN5OS. The van der Waals surface area contributed by atoms with Crippen LogP contribution in [0, 0.1) is 0 Å². The summed E-state index contributed by atoms with van der Waals surface area (Å²) in [5.74, 6) is 1.35. The second-order valence-electron chi connectivity index (χ2n) is 5.15. The Balaban J connectivity index is 1.64. The molecule has 1 aliphatic heterocycles. The van der Waals surface area contributed by atoms with Gasteiger partial charge < -0.3 is 15.5 Å². The summed E-state index contributed by atoms with van der Waals surface area (Å²) < 4.78 is 0. The first kappa shape index (κ1) is 16.9. The number of pyridine rings is 2. The summed E-state index contributed by atoms with van der Waals surface area (Å²) in [4.78, 5) is 24.7. The van der Waals surface area contributed by atoms with Crippen molar-refractivity contribution in [2.75, 3.05) is 30.4 Å². The van der Waals surface area contributed by atoms with E-state index in [1.165, 1.54) is 4.90 Å². The molecule has 2 amide bonds. The normalized spacial score (nSPS) is 12.3. The number of anilines is 2. The second-order valence-corrected chi connectivity index (χ2v) is 6.61. The molecule has 126 valence electrons. The molecule has 0 fully saturated rings. The Labute approximate surface area is 150 Å². The number of halogens is 1. The van der Waals surface area contributed by atoms with Gasteiger partial charge in [0.1, 0.15) is 5.82 Å². The molecule has 0 saturated carbocycles. The van der Waals surface area contributed by atoms with Crippen molar-refractivity contribution >= 4 is 40.9 Å². The van der Waals surface area contributed by atoms with Gasteiger partial charge in [-0.1, -0.05) is 11.8 Å². The number of carbonyl (C=O) groups excluding carboxylic acids is 1. The summed E-state index contributed by atoms with van der Waals surface area (Å²) in [5, 5.41) is 5.51. The highest BCUT2D eigenvalue weighted by molar-refractivity contribution is 7.99. The van der Waals surface area contributed by atoms with Crippen molar-refractivity contribution in [2.45, 2.75) is 16.2 Å². The minimum atomic E-state index is -0.189. The number of rotatable bonds is 6. The van der Waals surface area contributed by atoms with Crippen molar-refractivity contribution in [3.05, 3.63) is 36.8 Å². The van der Waals surface area contributed by atoms with Crippen molar-refractivity contribution in [3.63, 3.8) is 0 Å². The van der Waals surface area contributed by atoms with E-state index in [9.17, 15) is 4.79 Å². The molecule has 2 aromatic heterocycles. The van der Waals surface area contributed by atoms with Crippen molar-refractivity contribution < 1.29 is 4.79 Å². The van der Waals surface area contributed by atoms with Crippen molar-refractivity contribution in [3.8, 4) is 0 Å². The summed E-state index contributed by atoms with van der Waals surface area (Å²) in [7, 11) is 0. The lowest BCUT2D eigenvalue weighted by atomic mass is 10.3. The van der Waals surface area contributed by atoms with E-state index in [0.29, 0.717) is 19.0 Å². The molecule has 24 heavy (non-hydrogen) atoms. The number of amides is 2. The molecule has 0 spiro atoms. The van der Waals surface area contributed by atoms with E-state index < -0.39 is 0 Å². The zero-order chi connectivity index (χ0) is 16.8. The number of hydrogen-bond acceptors (Lipinski definition) is 5. The molecule has 1 aliphatic rings. The molecule has 2 aromatic rings. The summed E-state index contributed by atoms with van der Waals surface area (Å²) in [6.45, 7) is 1.79. The molecule has 0 radical (unpaired) electrons. The van der Waals surface area contributed by atoms with Gasteiger partial charge in [-0.15, -0.1) is 11.6 Å². The van der Waals surface area contributed by atoms with Crippen molar-refractivity contribution in [1.29, 1.82) is 0 Å². The first-order valence-corrected chi connectivity index (χ1v) is 9.07. The molecule has 0 bridgehead atoms. The summed E-state index contributed by atoms with van der Waals surface area (Å²) in [6, 6.07) is 5.84. The van der Waals surface area contributed by atoms with Crippen LogP contribution in [0.1, 0.15) is 6.42 Å². The molecule has 8 heteroatoms. The van der Waals surface area contributed by atoms with Gasteiger partial charge in [-0.25, -0.2) is 9.78 Å². The van der Waals surface area contributed by atoms with E-state index in [1.54, 1.807) is 24.2 Å². The first-order valence-electron chi connectivity index (χ1n) is 7.71. The van der Waals surface area contributed by atoms with Crippen LogP contribution in [0.5, 0.6) is 0 Å². The van der Waals surface area contributed by atoms with Crippen LogP contribution >= 0.6 is 23.4 Å². The molecule has 0 atom stereocenters. The van der Waals surface area contributed by atoms with E-state index >= 15 is 0 Å². The van der Waals surface area contributed by atoms with Crippen LogP contribution < -0.4 is 15.5 Å². The van der Waals surface area contributed by atoms with Gasteiger partial charge in [-0.3, -0.25) is 4.98 Å². The minimum absolute atomic E-state index is 0.189. The van der Waals surface area contributed by atoms with E-state index in [0.717, 1.165) is 29.4 Å². The van der Waals surface area contributed by atoms with Crippen LogP contribution in [0.3, 0.4) is 0 Å². The number of hydrogen-bond donors (Lipinski definition) is 2. The number of nitrogens with one attached hydrogen (secondary N) is 2. The SMILES string of the molecule is O=C(NCCCl)NCCCN1c2cnccc2Sc2cccnc21. The van der Waals surface area contributed by atoms with Gasteiger partial charge in [0.25, 0.3) is 0 Å². The zero-order valence-electron chi connectivity index (χ0n) is 13.0. The Morgan fingerprint density at radius 3 is 2.96 bits per heavy atom. The fourth-order valence-corrected chi connectivity index (χ4v) is 3.58. The van der Waals surface area contributed by atoms with Crippen LogP contribution in [0.15, 0.2) is 46.6 Å². The lowest BCUT2D eigenvalue weighted by Crippen LogP contribution is -2.38. The average Bonchev–Trinajstić information content (AvgIpc) is 2.62. The van der Waals surface area contributed by atoms with E-state index in [1.807, 2.05) is 18.3 Å². The van der Waals surface area contributed by atoms with Crippen LogP contribution in [-0.4, -0.2) is 41.5 Å². The zero-order valence-corrected chi connectivity index (χ0v) is 14.6. The predicted octanol–water partition coefficient (Wildman–Crippen LogP) is 3.01. The van der Waals surface area contributed by atoms with Crippen LogP contribution in [0.2, 0.25) is 0 Å². The van der Waals surface area contributed by atoms with E-state index in [2.05, 4.69) is 31.6 Å². The van der Waals surface area contributed by atoms with E-state index in [4.69, 9.17) is 11.6 Å². The first-order chi connectivity index (χ1) is 11.8. The molecule has 0 saturated heterocycles. The monoisotopic (exact) mass is 363 g/mol. The lowest BCUT2D eigenvalue weighted by Gasteiger charge is -2.31. The Hall–Kier alpha value is -1.99. The fourth-order valence-electron chi connectivity index (χ4n) is 2.45. The maximum absolute atomic E-state index is 11.5. The Kier molecular flexibility index (Phi) is 5.77. The highest BCUT2D eigenvalue weighted by atomic mass is 35.5. The number of carbonyl (C=O) groups is 1. The molecular weight excluding hydrogens is 346 g/mol. The largest absolute Gasteiger partial charge is 0.338 e. The molecule has 0 unspecified atom stereocenters. The van der Waals surface area contributed by atoms with E-state index in [-0.39, 0.29) is 6.03 Å². The third-order valence-electron chi connectivity index (χ3n) is 3.50. The highest BCUT2D eigenvalue weighted by Crippen LogP contribution is 2.46.